The van der Waals surface area contributed by atoms with Crippen molar-refractivity contribution < 1.29 is 0 Å². The lowest BCUT2D eigenvalue weighted by Crippen LogP contribution is -2.58. The molecular formula is C12H19N3. The molecule has 0 radical (unpaired) electrons. The van der Waals surface area contributed by atoms with Crippen LogP contribution in [0.15, 0.2) is 18.3 Å². The molecule has 0 spiro atoms. The molecule has 1 aliphatic rings. The van der Waals surface area contributed by atoms with Crippen LogP contribution in [0, 0.1) is 6.92 Å². The first-order chi connectivity index (χ1) is 7.22. The van der Waals surface area contributed by atoms with E-state index in [-0.39, 0.29) is 0 Å². The molecule has 1 N–H and O–H groups in total. The molecular weight excluding hydrogens is 186 g/mol. The molecule has 0 saturated carbocycles. The van der Waals surface area contributed by atoms with E-state index in [0.717, 1.165) is 12.4 Å². The predicted molar refractivity (Wildman–Crippen MR) is 63.2 cm³/mol. The lowest BCUT2D eigenvalue weighted by atomic mass is 9.94. The summed E-state index contributed by atoms with van der Waals surface area (Å²) in [7, 11) is 2.00. The van der Waals surface area contributed by atoms with Crippen LogP contribution in [0.5, 0.6) is 0 Å². The fourth-order valence-electron chi connectivity index (χ4n) is 2.29. The van der Waals surface area contributed by atoms with Crippen molar-refractivity contribution in [1.82, 2.24) is 10.3 Å². The van der Waals surface area contributed by atoms with Crippen LogP contribution in [0.2, 0.25) is 0 Å². The van der Waals surface area contributed by atoms with Crippen molar-refractivity contribution >= 4 is 5.82 Å². The molecule has 0 aromatic carbocycles. The minimum atomic E-state index is 0.611. The van der Waals surface area contributed by atoms with E-state index in [2.05, 4.69) is 41.2 Å². The summed E-state index contributed by atoms with van der Waals surface area (Å²) in [5, 5.41) is 3.23. The Hall–Kier alpha value is -1.09. The average molecular weight is 205 g/mol. The van der Waals surface area contributed by atoms with Gasteiger partial charge in [-0.25, -0.2) is 4.98 Å². The second-order valence-corrected chi connectivity index (χ2v) is 4.40. The number of likely N-dealkylation sites (N-methyl/N-ethyl adjacent to an activating group) is 1. The number of aryl methyl sites for hydroxylation is 1. The third kappa shape index (κ3) is 1.97. The molecule has 2 unspecified atom stereocenters. The third-order valence-electron chi connectivity index (χ3n) is 3.08. The van der Waals surface area contributed by atoms with Gasteiger partial charge in [0.05, 0.1) is 0 Å². The highest BCUT2D eigenvalue weighted by molar-refractivity contribution is 5.45. The zero-order chi connectivity index (χ0) is 10.8. The Balaban J connectivity index is 2.11. The maximum atomic E-state index is 4.48. The zero-order valence-corrected chi connectivity index (χ0v) is 9.70. The van der Waals surface area contributed by atoms with Crippen LogP contribution < -0.4 is 10.2 Å². The lowest BCUT2D eigenvalue weighted by Gasteiger charge is -2.48. The first kappa shape index (κ1) is 10.4. The van der Waals surface area contributed by atoms with Gasteiger partial charge in [0.2, 0.25) is 0 Å². The summed E-state index contributed by atoms with van der Waals surface area (Å²) < 4.78 is 0. The topological polar surface area (TPSA) is 28.2 Å². The maximum absolute atomic E-state index is 4.48. The maximum Gasteiger partial charge on any atom is 0.129 e. The van der Waals surface area contributed by atoms with E-state index >= 15 is 0 Å². The van der Waals surface area contributed by atoms with Gasteiger partial charge < -0.3 is 10.2 Å². The Bertz CT molecular complexity index is 318. The van der Waals surface area contributed by atoms with E-state index in [1.807, 2.05) is 13.2 Å². The summed E-state index contributed by atoms with van der Waals surface area (Å²) >= 11 is 0. The van der Waals surface area contributed by atoms with E-state index in [0.29, 0.717) is 12.1 Å². The number of anilines is 1. The molecule has 82 valence electrons. The molecule has 0 amide bonds. The van der Waals surface area contributed by atoms with Crippen LogP contribution in [0.1, 0.15) is 18.9 Å². The smallest absolute Gasteiger partial charge is 0.129 e. The third-order valence-corrected chi connectivity index (χ3v) is 3.08. The Morgan fingerprint density at radius 2 is 2.33 bits per heavy atom. The van der Waals surface area contributed by atoms with Crippen molar-refractivity contribution in [1.29, 1.82) is 0 Å². The van der Waals surface area contributed by atoms with Gasteiger partial charge in [-0.3, -0.25) is 0 Å². The number of hydrogen-bond donors (Lipinski definition) is 1. The summed E-state index contributed by atoms with van der Waals surface area (Å²) in [6.07, 6.45) is 3.20. The summed E-state index contributed by atoms with van der Waals surface area (Å²) in [5.74, 6) is 1.11. The van der Waals surface area contributed by atoms with Gasteiger partial charge in [-0.1, -0.05) is 6.07 Å². The summed E-state index contributed by atoms with van der Waals surface area (Å²) in [4.78, 5) is 6.88. The van der Waals surface area contributed by atoms with Gasteiger partial charge in [-0.15, -0.1) is 0 Å². The number of rotatable bonds is 3. The van der Waals surface area contributed by atoms with Gasteiger partial charge in [0.15, 0.2) is 0 Å². The fraction of sp³-hybridized carbons (Fsp3) is 0.583. The second-order valence-electron chi connectivity index (χ2n) is 4.40. The van der Waals surface area contributed by atoms with Crippen LogP contribution in [-0.2, 0) is 0 Å². The van der Waals surface area contributed by atoms with Crippen molar-refractivity contribution in [2.45, 2.75) is 32.4 Å². The number of aromatic nitrogens is 1. The first-order valence-corrected chi connectivity index (χ1v) is 5.58. The minimum Gasteiger partial charge on any atom is -0.349 e. The van der Waals surface area contributed by atoms with E-state index in [1.54, 1.807) is 0 Å². The quantitative estimate of drug-likeness (QED) is 0.812. The van der Waals surface area contributed by atoms with Crippen molar-refractivity contribution in [3.8, 4) is 0 Å². The van der Waals surface area contributed by atoms with Gasteiger partial charge in [-0.2, -0.15) is 0 Å². The molecule has 2 heterocycles. The van der Waals surface area contributed by atoms with Crippen molar-refractivity contribution in [3.63, 3.8) is 0 Å². The van der Waals surface area contributed by atoms with Crippen LogP contribution in [-0.4, -0.2) is 30.7 Å². The Morgan fingerprint density at radius 3 is 2.87 bits per heavy atom. The monoisotopic (exact) mass is 205 g/mol. The molecule has 1 aromatic rings. The minimum absolute atomic E-state index is 0.611. The van der Waals surface area contributed by atoms with Crippen molar-refractivity contribution in [3.05, 3.63) is 23.9 Å². The average Bonchev–Trinajstić information content (AvgIpc) is 2.21. The van der Waals surface area contributed by atoms with Gasteiger partial charge >= 0.3 is 0 Å². The molecule has 1 fully saturated rings. The molecule has 1 aromatic heterocycles. The van der Waals surface area contributed by atoms with Crippen molar-refractivity contribution in [2.75, 3.05) is 18.5 Å². The fourth-order valence-corrected chi connectivity index (χ4v) is 2.29. The van der Waals surface area contributed by atoms with Crippen LogP contribution in [0.25, 0.3) is 0 Å². The molecule has 15 heavy (non-hydrogen) atoms. The number of nitrogens with one attached hydrogen (secondary N) is 1. The largest absolute Gasteiger partial charge is 0.349 e. The molecule has 2 atom stereocenters. The highest BCUT2D eigenvalue weighted by atomic mass is 15.3. The molecule has 3 heteroatoms. The number of nitrogens with zero attached hydrogens (tertiary/aromatic N) is 2. The normalized spacial score (nSPS) is 25.1. The van der Waals surface area contributed by atoms with Gasteiger partial charge in [0, 0.05) is 24.8 Å². The molecule has 1 aliphatic heterocycles. The van der Waals surface area contributed by atoms with Crippen LogP contribution in [0.4, 0.5) is 5.82 Å². The van der Waals surface area contributed by atoms with Crippen LogP contribution >= 0.6 is 0 Å². The van der Waals surface area contributed by atoms with Crippen molar-refractivity contribution in [2.24, 2.45) is 0 Å². The second kappa shape index (κ2) is 4.19. The summed E-state index contributed by atoms with van der Waals surface area (Å²) in [5.41, 5.74) is 1.22. The summed E-state index contributed by atoms with van der Waals surface area (Å²) in [6.45, 7) is 5.37. The number of pyridine rings is 1. The van der Waals surface area contributed by atoms with Gasteiger partial charge in [0.25, 0.3) is 0 Å². The first-order valence-electron chi connectivity index (χ1n) is 5.58. The molecule has 2 rings (SSSR count). The standard InChI is InChI=1S/C12H19N3/c1-9-4-5-12(14-7-9)15-10(2)6-11(15)8-13-3/h4-5,7,10-11,13H,6,8H2,1-3H3. The Morgan fingerprint density at radius 1 is 1.53 bits per heavy atom. The zero-order valence-electron chi connectivity index (χ0n) is 9.70. The van der Waals surface area contributed by atoms with Crippen LogP contribution in [0.3, 0.4) is 0 Å². The predicted octanol–water partition coefficient (Wildman–Crippen LogP) is 1.58. The van der Waals surface area contributed by atoms with E-state index in [4.69, 9.17) is 0 Å². The molecule has 0 bridgehead atoms. The Labute approximate surface area is 91.5 Å². The Kier molecular flexibility index (Phi) is 2.91. The molecule has 3 nitrogen and oxygen atoms in total. The molecule has 0 aliphatic carbocycles. The summed E-state index contributed by atoms with van der Waals surface area (Å²) in [6, 6.07) is 5.48. The van der Waals surface area contributed by atoms with Gasteiger partial charge in [-0.05, 0) is 38.9 Å². The van der Waals surface area contributed by atoms with Gasteiger partial charge in [0.1, 0.15) is 5.82 Å². The SMILES string of the molecule is CNCC1CC(C)N1c1ccc(C)cn1. The van der Waals surface area contributed by atoms with E-state index in [9.17, 15) is 0 Å². The highest BCUT2D eigenvalue weighted by Gasteiger charge is 2.35. The lowest BCUT2D eigenvalue weighted by molar-refractivity contribution is 0.346. The van der Waals surface area contributed by atoms with E-state index in [1.165, 1.54) is 12.0 Å². The molecule has 1 saturated heterocycles. The van der Waals surface area contributed by atoms with E-state index < -0.39 is 0 Å². The number of hydrogen-bond acceptors (Lipinski definition) is 3. The highest BCUT2D eigenvalue weighted by Crippen LogP contribution is 2.30.